The lowest BCUT2D eigenvalue weighted by Crippen LogP contribution is -2.42. The van der Waals surface area contributed by atoms with Gasteiger partial charge >= 0.3 is 0 Å². The molecule has 126 valence electrons. The number of amides is 3. The highest BCUT2D eigenvalue weighted by Gasteiger charge is 2.35. The van der Waals surface area contributed by atoms with Crippen molar-refractivity contribution in [1.82, 2.24) is 10.2 Å². The molecule has 0 aromatic heterocycles. The number of hydrogen-bond acceptors (Lipinski definition) is 3. The lowest BCUT2D eigenvalue weighted by Gasteiger charge is -2.22. The lowest BCUT2D eigenvalue weighted by molar-refractivity contribution is -0.122. The van der Waals surface area contributed by atoms with Crippen molar-refractivity contribution in [2.45, 2.75) is 37.8 Å². The van der Waals surface area contributed by atoms with E-state index in [1.807, 2.05) is 0 Å². The minimum absolute atomic E-state index is 0.0866. The van der Waals surface area contributed by atoms with Crippen molar-refractivity contribution in [3.63, 3.8) is 0 Å². The molecule has 0 spiro atoms. The molecule has 0 aliphatic heterocycles. The molecule has 2 N–H and O–H groups in total. The molecule has 2 aliphatic carbocycles. The van der Waals surface area contributed by atoms with Gasteiger partial charge in [0.25, 0.3) is 5.91 Å². The van der Waals surface area contributed by atoms with Gasteiger partial charge in [0.05, 0.1) is 0 Å². The Bertz CT molecular complexity index is 678. The van der Waals surface area contributed by atoms with Crippen LogP contribution in [0.5, 0.6) is 0 Å². The molecule has 1 aromatic carbocycles. The quantitative estimate of drug-likeness (QED) is 0.748. The first-order chi connectivity index (χ1) is 11.6. The van der Waals surface area contributed by atoms with E-state index in [9.17, 15) is 14.4 Å². The molecule has 1 aromatic rings. The molecule has 6 nitrogen and oxygen atoms in total. The Morgan fingerprint density at radius 1 is 1.21 bits per heavy atom. The third-order valence-corrected chi connectivity index (χ3v) is 4.07. The van der Waals surface area contributed by atoms with E-state index in [-0.39, 0.29) is 36.3 Å². The fourth-order valence-electron chi connectivity index (χ4n) is 2.50. The number of nitrogens with zero attached hydrogens (tertiary/aromatic N) is 1. The van der Waals surface area contributed by atoms with E-state index in [0.29, 0.717) is 11.3 Å². The Morgan fingerprint density at radius 3 is 2.58 bits per heavy atom. The van der Waals surface area contributed by atoms with E-state index in [1.165, 1.54) is 6.08 Å². The van der Waals surface area contributed by atoms with Crippen LogP contribution in [0.25, 0.3) is 0 Å². The highest BCUT2D eigenvalue weighted by atomic mass is 16.2. The maximum atomic E-state index is 12.8. The molecule has 2 saturated carbocycles. The minimum Gasteiger partial charge on any atom is -0.352 e. The lowest BCUT2D eigenvalue weighted by atomic mass is 10.1. The van der Waals surface area contributed by atoms with Gasteiger partial charge in [-0.2, -0.15) is 0 Å². The van der Waals surface area contributed by atoms with Crippen LogP contribution in [0.1, 0.15) is 36.0 Å². The second-order valence-corrected chi connectivity index (χ2v) is 6.28. The molecular weight excluding hydrogens is 306 g/mol. The van der Waals surface area contributed by atoms with E-state index in [2.05, 4.69) is 17.2 Å². The van der Waals surface area contributed by atoms with Crippen LogP contribution in [0.3, 0.4) is 0 Å². The highest BCUT2D eigenvalue weighted by molar-refractivity contribution is 6.01. The highest BCUT2D eigenvalue weighted by Crippen LogP contribution is 2.28. The maximum absolute atomic E-state index is 12.8. The summed E-state index contributed by atoms with van der Waals surface area (Å²) in [5.74, 6) is -0.616. The molecule has 6 heteroatoms. The van der Waals surface area contributed by atoms with Crippen LogP contribution >= 0.6 is 0 Å². The smallest absolute Gasteiger partial charge is 0.254 e. The second kappa shape index (κ2) is 6.86. The van der Waals surface area contributed by atoms with Gasteiger partial charge in [0.2, 0.25) is 11.8 Å². The summed E-state index contributed by atoms with van der Waals surface area (Å²) in [6, 6.07) is 7.15. The average Bonchev–Trinajstić information content (AvgIpc) is 3.46. The molecule has 24 heavy (non-hydrogen) atoms. The molecule has 2 fully saturated rings. The zero-order valence-electron chi connectivity index (χ0n) is 13.5. The van der Waals surface area contributed by atoms with Crippen LogP contribution in [0, 0.1) is 0 Å². The van der Waals surface area contributed by atoms with Gasteiger partial charge in [0.15, 0.2) is 0 Å². The van der Waals surface area contributed by atoms with Gasteiger partial charge in [-0.1, -0.05) is 12.6 Å². The fourth-order valence-corrected chi connectivity index (χ4v) is 2.50. The molecular formula is C18H21N3O3. The zero-order chi connectivity index (χ0) is 17.1. The molecule has 2 aliphatic rings. The van der Waals surface area contributed by atoms with Crippen LogP contribution in [-0.2, 0) is 9.59 Å². The van der Waals surface area contributed by atoms with Crippen molar-refractivity contribution in [3.8, 4) is 0 Å². The van der Waals surface area contributed by atoms with E-state index < -0.39 is 0 Å². The third kappa shape index (κ3) is 4.22. The van der Waals surface area contributed by atoms with Crippen molar-refractivity contribution in [1.29, 1.82) is 0 Å². The zero-order valence-corrected chi connectivity index (χ0v) is 13.5. The average molecular weight is 327 g/mol. The molecule has 0 saturated heterocycles. The number of rotatable bonds is 7. The molecule has 3 rings (SSSR count). The van der Waals surface area contributed by atoms with Gasteiger partial charge in [0, 0.05) is 23.3 Å². The van der Waals surface area contributed by atoms with Gasteiger partial charge in [-0.25, -0.2) is 0 Å². The van der Waals surface area contributed by atoms with E-state index in [4.69, 9.17) is 0 Å². The van der Waals surface area contributed by atoms with Crippen LogP contribution < -0.4 is 10.6 Å². The summed E-state index contributed by atoms with van der Waals surface area (Å²) in [4.78, 5) is 37.9. The molecule has 0 bridgehead atoms. The standard InChI is InChI=1S/C18H21N3O3/c1-2-16(22)20-14-5-3-4-12(10-14)18(24)21(15-8-9-15)11-17(23)19-13-6-7-13/h2-5,10,13,15H,1,6-9,11H2,(H,19,23)(H,20,22). The van der Waals surface area contributed by atoms with E-state index in [1.54, 1.807) is 29.2 Å². The van der Waals surface area contributed by atoms with Gasteiger partial charge < -0.3 is 15.5 Å². The van der Waals surface area contributed by atoms with Crippen LogP contribution in [0.4, 0.5) is 5.69 Å². The van der Waals surface area contributed by atoms with Crippen molar-refractivity contribution < 1.29 is 14.4 Å². The first kappa shape index (κ1) is 16.2. The number of hydrogen-bond donors (Lipinski definition) is 2. The van der Waals surface area contributed by atoms with Gasteiger partial charge in [0.1, 0.15) is 6.54 Å². The van der Waals surface area contributed by atoms with Crippen molar-refractivity contribution >= 4 is 23.4 Å². The maximum Gasteiger partial charge on any atom is 0.254 e. The number of anilines is 1. The van der Waals surface area contributed by atoms with Gasteiger partial charge in [-0.3, -0.25) is 14.4 Å². The summed E-state index contributed by atoms with van der Waals surface area (Å²) < 4.78 is 0. The topological polar surface area (TPSA) is 78.5 Å². The van der Waals surface area contributed by atoms with Crippen LogP contribution in [-0.4, -0.2) is 41.2 Å². The number of nitrogens with one attached hydrogen (secondary N) is 2. The Hall–Kier alpha value is -2.63. The van der Waals surface area contributed by atoms with Gasteiger partial charge in [-0.15, -0.1) is 0 Å². The van der Waals surface area contributed by atoms with Crippen molar-refractivity contribution in [3.05, 3.63) is 42.5 Å². The van der Waals surface area contributed by atoms with E-state index >= 15 is 0 Å². The summed E-state index contributed by atoms with van der Waals surface area (Å²) in [5, 5.41) is 5.56. The fraction of sp³-hybridized carbons (Fsp3) is 0.389. The van der Waals surface area contributed by atoms with Crippen molar-refractivity contribution in [2.75, 3.05) is 11.9 Å². The summed E-state index contributed by atoms with van der Waals surface area (Å²) in [6.45, 7) is 3.49. The third-order valence-electron chi connectivity index (χ3n) is 4.07. The van der Waals surface area contributed by atoms with Gasteiger partial charge in [-0.05, 0) is 50.0 Å². The van der Waals surface area contributed by atoms with Crippen LogP contribution in [0.15, 0.2) is 36.9 Å². The molecule has 0 radical (unpaired) electrons. The molecule has 0 heterocycles. The predicted molar refractivity (Wildman–Crippen MR) is 90.5 cm³/mol. The SMILES string of the molecule is C=CC(=O)Nc1cccc(C(=O)N(CC(=O)NC2CC2)C2CC2)c1. The Labute approximate surface area is 140 Å². The first-order valence-electron chi connectivity index (χ1n) is 8.20. The first-order valence-corrected chi connectivity index (χ1v) is 8.20. The van der Waals surface area contributed by atoms with Crippen LogP contribution in [0.2, 0.25) is 0 Å². The molecule has 0 unspecified atom stereocenters. The second-order valence-electron chi connectivity index (χ2n) is 6.28. The number of carbonyl (C=O) groups excluding carboxylic acids is 3. The summed E-state index contributed by atoms with van der Waals surface area (Å²) in [7, 11) is 0. The summed E-state index contributed by atoms with van der Waals surface area (Å²) in [5.41, 5.74) is 0.993. The monoisotopic (exact) mass is 327 g/mol. The summed E-state index contributed by atoms with van der Waals surface area (Å²) >= 11 is 0. The van der Waals surface area contributed by atoms with E-state index in [0.717, 1.165) is 25.7 Å². The van der Waals surface area contributed by atoms with Crippen molar-refractivity contribution in [2.24, 2.45) is 0 Å². The minimum atomic E-state index is -0.331. The molecule has 0 atom stereocenters. The largest absolute Gasteiger partial charge is 0.352 e. The Balaban J connectivity index is 1.69. The Kier molecular flexibility index (Phi) is 4.64. The number of carbonyl (C=O) groups is 3. The molecule has 3 amide bonds. The summed E-state index contributed by atoms with van der Waals surface area (Å²) in [6.07, 6.45) is 5.07. The Morgan fingerprint density at radius 2 is 1.96 bits per heavy atom. The number of benzene rings is 1. The normalized spacial score (nSPS) is 16.2. The predicted octanol–water partition coefficient (Wildman–Crippen LogP) is 1.69.